The molecule has 0 aliphatic rings. The maximum Gasteiger partial charge on any atom is 4.00 e. The van der Waals surface area contributed by atoms with Gasteiger partial charge in [-0.3, -0.25) is 0 Å². The monoisotopic (exact) mass is 310 g/mol. The van der Waals surface area contributed by atoms with Crippen LogP contribution in [0, 0.1) is 40.5 Å². The van der Waals surface area contributed by atoms with E-state index < -0.39 is 0 Å². The van der Waals surface area contributed by atoms with Crippen LogP contribution in [-0.4, -0.2) is 11.0 Å². The van der Waals surface area contributed by atoms with Crippen molar-refractivity contribution in [2.45, 2.75) is 0 Å². The maximum atomic E-state index is 8.00. The van der Waals surface area contributed by atoms with Crippen LogP contribution in [0.4, 0.5) is 0 Å². The molecule has 0 fully saturated rings. The zero-order chi connectivity index (χ0) is 10.8. The summed E-state index contributed by atoms with van der Waals surface area (Å²) in [6.07, 6.45) is 0. The smallest absolute Gasteiger partial charge is 0.444 e. The molecule has 0 saturated carbocycles. The van der Waals surface area contributed by atoms with E-state index in [1.165, 1.54) is 0 Å². The molecular formula is H4N4O10Zr. The largest absolute Gasteiger partial charge is 4.00 e. The average molecular weight is 311 g/mol. The van der Waals surface area contributed by atoms with Gasteiger partial charge in [0.05, 0.1) is 0 Å². The minimum Gasteiger partial charge on any atom is -0.444 e. The molecule has 0 aliphatic carbocycles. The Morgan fingerprint density at radius 3 is 0.533 bits per heavy atom. The molecule has 0 bridgehead atoms. The molecule has 0 aromatic carbocycles. The van der Waals surface area contributed by atoms with Crippen LogP contribution in [0.15, 0.2) is 21.4 Å². The molecule has 0 rings (SSSR count). The first-order valence-corrected chi connectivity index (χ1v) is 1.46. The van der Waals surface area contributed by atoms with Gasteiger partial charge in [-0.05, 0) is 0 Å². The van der Waals surface area contributed by atoms with Crippen molar-refractivity contribution in [1.82, 2.24) is 0 Å². The molecule has 0 aromatic rings. The van der Waals surface area contributed by atoms with Crippen LogP contribution >= 0.6 is 0 Å². The van der Waals surface area contributed by atoms with Crippen molar-refractivity contribution >= 4 is 0 Å². The second-order valence-corrected chi connectivity index (χ2v) is 0.298. The third-order valence-electron chi connectivity index (χ3n) is 0. The van der Waals surface area contributed by atoms with E-state index in [1.807, 2.05) is 0 Å². The van der Waals surface area contributed by atoms with Crippen molar-refractivity contribution < 1.29 is 37.2 Å². The van der Waals surface area contributed by atoms with Gasteiger partial charge in [-0.15, -0.1) is 21.4 Å². The zero-order valence-electron chi connectivity index (χ0n) is 6.55. The normalized spacial score (nSPS) is 3.20. The number of hydrogen-bond acceptors (Lipinski definition) is 12. The molecule has 0 aromatic heterocycles. The molecule has 88 valence electrons. The number of nitrogens with zero attached hydrogens (tertiary/aromatic N) is 4. The third kappa shape index (κ3) is 526. The van der Waals surface area contributed by atoms with Crippen LogP contribution in [0.25, 0.3) is 0 Å². The first kappa shape index (κ1) is 50.3. The van der Waals surface area contributed by atoms with Gasteiger partial charge >= 0.3 is 26.2 Å². The second-order valence-electron chi connectivity index (χ2n) is 0.298. The van der Waals surface area contributed by atoms with Gasteiger partial charge in [-0.25, -0.2) is 0 Å². The standard InChI is InChI=1S/4HNO2.2H2O.Zr/c4*2-1-3;;;/h4*(H,2,3);2*1H2;/q;;;;;;+4/p-4. The van der Waals surface area contributed by atoms with E-state index in [-0.39, 0.29) is 37.2 Å². The van der Waals surface area contributed by atoms with E-state index in [1.54, 1.807) is 0 Å². The van der Waals surface area contributed by atoms with E-state index in [0.717, 1.165) is 21.4 Å². The Kier molecular flexibility index (Phi) is 936. The predicted octanol–water partition coefficient (Wildman–Crippen LogP) is -0.649. The summed E-state index contributed by atoms with van der Waals surface area (Å²) in [5.74, 6) is 0. The quantitative estimate of drug-likeness (QED) is 0.407. The predicted molar refractivity (Wildman–Crippen MR) is 43.9 cm³/mol. The van der Waals surface area contributed by atoms with Crippen LogP contribution in [0.2, 0.25) is 0 Å². The Labute approximate surface area is 99.4 Å². The van der Waals surface area contributed by atoms with E-state index in [0.29, 0.717) is 0 Å². The van der Waals surface area contributed by atoms with Gasteiger partial charge in [0.25, 0.3) is 0 Å². The van der Waals surface area contributed by atoms with Gasteiger partial charge in [-0.2, -0.15) is 0 Å². The second kappa shape index (κ2) is 279. The van der Waals surface area contributed by atoms with Crippen molar-refractivity contribution in [3.8, 4) is 0 Å². The van der Waals surface area contributed by atoms with Crippen molar-refractivity contribution in [2.75, 3.05) is 0 Å². The topological polar surface area (TPSA) is 273 Å². The SMILES string of the molecule is O.O.O=N[O-].O=N[O-].O=N[O-].O=N[O-].[Zr+4]. The summed E-state index contributed by atoms with van der Waals surface area (Å²) in [4.78, 5) is 32.0. The van der Waals surface area contributed by atoms with Crippen molar-refractivity contribution in [2.24, 2.45) is 21.4 Å². The van der Waals surface area contributed by atoms with Gasteiger partial charge < -0.3 is 51.4 Å². The summed E-state index contributed by atoms with van der Waals surface area (Å²) in [5.41, 5.74) is 0. The van der Waals surface area contributed by atoms with Gasteiger partial charge in [-0.1, -0.05) is 0 Å². The summed E-state index contributed by atoms with van der Waals surface area (Å²) in [5, 5.41) is 36.0. The third-order valence-corrected chi connectivity index (χ3v) is 0. The summed E-state index contributed by atoms with van der Waals surface area (Å²) in [7, 11) is 0. The van der Waals surface area contributed by atoms with Gasteiger partial charge in [0, 0.05) is 0 Å². The van der Waals surface area contributed by atoms with E-state index in [9.17, 15) is 0 Å². The van der Waals surface area contributed by atoms with Gasteiger partial charge in [0.15, 0.2) is 0 Å². The fourth-order valence-corrected chi connectivity index (χ4v) is 0. The van der Waals surface area contributed by atoms with Crippen LogP contribution in [0.3, 0.4) is 0 Å². The molecule has 0 amide bonds. The van der Waals surface area contributed by atoms with Crippen molar-refractivity contribution in [3.05, 3.63) is 40.5 Å². The Balaban J connectivity index is -0.0000000107. The molecule has 15 heavy (non-hydrogen) atoms. The Bertz CT molecular complexity index is 71.4. The van der Waals surface area contributed by atoms with Gasteiger partial charge in [0.1, 0.15) is 0 Å². The first-order chi connectivity index (χ1) is 5.66. The number of rotatable bonds is 0. The van der Waals surface area contributed by atoms with Crippen LogP contribution in [0.5, 0.6) is 0 Å². The maximum absolute atomic E-state index is 8.00. The Morgan fingerprint density at radius 1 is 0.533 bits per heavy atom. The summed E-state index contributed by atoms with van der Waals surface area (Å²) in [6.45, 7) is 0. The van der Waals surface area contributed by atoms with E-state index in [4.69, 9.17) is 40.5 Å². The molecule has 0 aliphatic heterocycles. The van der Waals surface area contributed by atoms with Gasteiger partial charge in [0.2, 0.25) is 0 Å². The Morgan fingerprint density at radius 2 is 0.533 bits per heavy atom. The molecule has 14 nitrogen and oxygen atoms in total. The first-order valence-electron chi connectivity index (χ1n) is 1.46. The molecule has 0 atom stereocenters. The molecule has 4 N–H and O–H groups in total. The summed E-state index contributed by atoms with van der Waals surface area (Å²) >= 11 is 0. The zero-order valence-corrected chi connectivity index (χ0v) is 9.01. The molecule has 0 unspecified atom stereocenters. The minimum absolute atomic E-state index is 0. The fourth-order valence-electron chi connectivity index (χ4n) is 0. The summed E-state index contributed by atoms with van der Waals surface area (Å²) in [6, 6.07) is 0. The van der Waals surface area contributed by atoms with E-state index >= 15 is 0 Å². The number of hydrogen-bond donors (Lipinski definition) is 0. The van der Waals surface area contributed by atoms with Crippen molar-refractivity contribution in [1.29, 1.82) is 0 Å². The Hall–Kier alpha value is -1.60. The molecule has 0 radical (unpaired) electrons. The van der Waals surface area contributed by atoms with Crippen LogP contribution < -0.4 is 0 Å². The van der Waals surface area contributed by atoms with Crippen molar-refractivity contribution in [3.63, 3.8) is 0 Å². The van der Waals surface area contributed by atoms with Crippen LogP contribution in [-0.2, 0) is 26.2 Å². The molecule has 0 spiro atoms. The summed E-state index contributed by atoms with van der Waals surface area (Å²) < 4.78 is 0. The molecule has 15 heteroatoms. The average Bonchev–Trinajstić information content (AvgIpc) is 1.92. The molecule has 0 saturated heterocycles. The van der Waals surface area contributed by atoms with E-state index in [2.05, 4.69) is 0 Å². The fraction of sp³-hybridized carbons (Fsp3) is 0. The molecule has 0 heterocycles. The van der Waals surface area contributed by atoms with Crippen LogP contribution in [0.1, 0.15) is 0 Å². The minimum atomic E-state index is 0. The molecular weight excluding hydrogens is 307 g/mol.